The van der Waals surface area contributed by atoms with Crippen LogP contribution >= 0.6 is 11.6 Å². The van der Waals surface area contributed by atoms with Gasteiger partial charge in [-0.15, -0.1) is 0 Å². The van der Waals surface area contributed by atoms with Crippen molar-refractivity contribution < 1.29 is 8.78 Å². The molecule has 1 N–H and O–H groups in total. The predicted molar refractivity (Wildman–Crippen MR) is 82.7 cm³/mol. The van der Waals surface area contributed by atoms with E-state index < -0.39 is 11.6 Å². The number of nitrogens with one attached hydrogen (secondary N) is 1. The Kier molecular flexibility index (Phi) is 5.32. The van der Waals surface area contributed by atoms with Crippen LogP contribution < -0.4 is 5.32 Å². The van der Waals surface area contributed by atoms with Gasteiger partial charge in [-0.05, 0) is 54.8 Å². The Labute approximate surface area is 128 Å². The number of rotatable bonds is 5. The van der Waals surface area contributed by atoms with Crippen molar-refractivity contribution in [2.45, 2.75) is 26.3 Å². The fourth-order valence-corrected chi connectivity index (χ4v) is 2.70. The highest BCUT2D eigenvalue weighted by Gasteiger charge is 2.16. The molecule has 1 nitrogen and oxygen atoms in total. The first-order chi connectivity index (χ1) is 10.0. The standard InChI is InChI=1S/C17H18ClF2N/c1-3-21-17(15-7-5-13(18)8-11(15)2)9-12-4-6-14(19)10-16(12)20/h4-8,10,17,21H,3,9H2,1-2H3. The summed E-state index contributed by atoms with van der Waals surface area (Å²) in [4.78, 5) is 0. The van der Waals surface area contributed by atoms with Crippen molar-refractivity contribution in [1.82, 2.24) is 5.32 Å². The monoisotopic (exact) mass is 309 g/mol. The third kappa shape index (κ3) is 4.02. The second-order valence-electron chi connectivity index (χ2n) is 5.05. The first-order valence-electron chi connectivity index (χ1n) is 6.94. The molecule has 0 aliphatic carbocycles. The maximum Gasteiger partial charge on any atom is 0.129 e. The van der Waals surface area contributed by atoms with E-state index in [1.54, 1.807) is 0 Å². The minimum Gasteiger partial charge on any atom is -0.310 e. The molecule has 2 aromatic rings. The number of likely N-dealkylation sites (N-methyl/N-ethyl adjacent to an activating group) is 1. The van der Waals surface area contributed by atoms with Crippen molar-refractivity contribution in [3.8, 4) is 0 Å². The molecule has 0 saturated heterocycles. The molecule has 0 aliphatic rings. The van der Waals surface area contributed by atoms with Crippen molar-refractivity contribution in [2.24, 2.45) is 0 Å². The summed E-state index contributed by atoms with van der Waals surface area (Å²) < 4.78 is 26.8. The number of hydrogen-bond acceptors (Lipinski definition) is 1. The smallest absolute Gasteiger partial charge is 0.129 e. The van der Waals surface area contributed by atoms with Gasteiger partial charge in [0.15, 0.2) is 0 Å². The lowest BCUT2D eigenvalue weighted by atomic mass is 9.95. The van der Waals surface area contributed by atoms with Crippen LogP contribution in [-0.2, 0) is 6.42 Å². The number of aryl methyl sites for hydroxylation is 1. The van der Waals surface area contributed by atoms with Crippen LogP contribution in [0.1, 0.15) is 29.7 Å². The highest BCUT2D eigenvalue weighted by atomic mass is 35.5. The quantitative estimate of drug-likeness (QED) is 0.835. The van der Waals surface area contributed by atoms with Gasteiger partial charge < -0.3 is 5.32 Å². The lowest BCUT2D eigenvalue weighted by Gasteiger charge is -2.21. The van der Waals surface area contributed by atoms with Crippen molar-refractivity contribution in [2.75, 3.05) is 6.54 Å². The molecule has 0 heterocycles. The highest BCUT2D eigenvalue weighted by Crippen LogP contribution is 2.25. The lowest BCUT2D eigenvalue weighted by molar-refractivity contribution is 0.519. The van der Waals surface area contributed by atoms with Gasteiger partial charge in [0.2, 0.25) is 0 Å². The molecule has 2 rings (SSSR count). The molecule has 4 heteroatoms. The van der Waals surface area contributed by atoms with Crippen LogP contribution in [0.5, 0.6) is 0 Å². The van der Waals surface area contributed by atoms with Gasteiger partial charge >= 0.3 is 0 Å². The van der Waals surface area contributed by atoms with Gasteiger partial charge in [0, 0.05) is 17.1 Å². The molecular weight excluding hydrogens is 292 g/mol. The average Bonchev–Trinajstić information content (AvgIpc) is 2.41. The maximum atomic E-state index is 13.8. The van der Waals surface area contributed by atoms with Gasteiger partial charge in [0.25, 0.3) is 0 Å². The Balaban J connectivity index is 2.30. The van der Waals surface area contributed by atoms with E-state index >= 15 is 0 Å². The van der Waals surface area contributed by atoms with E-state index in [-0.39, 0.29) is 6.04 Å². The van der Waals surface area contributed by atoms with E-state index in [0.717, 1.165) is 23.7 Å². The number of hydrogen-bond donors (Lipinski definition) is 1. The van der Waals surface area contributed by atoms with Gasteiger partial charge in [-0.25, -0.2) is 8.78 Å². The fourth-order valence-electron chi connectivity index (χ4n) is 2.48. The normalized spacial score (nSPS) is 12.4. The molecule has 0 radical (unpaired) electrons. The minimum atomic E-state index is -0.557. The Bertz CT molecular complexity index is 628. The molecule has 0 saturated carbocycles. The molecule has 1 unspecified atom stereocenters. The summed E-state index contributed by atoms with van der Waals surface area (Å²) in [5.41, 5.74) is 2.62. The second kappa shape index (κ2) is 7.01. The van der Waals surface area contributed by atoms with Crippen molar-refractivity contribution >= 4 is 11.6 Å². The molecule has 0 bridgehead atoms. The van der Waals surface area contributed by atoms with Crippen LogP contribution in [-0.4, -0.2) is 6.54 Å². The molecule has 112 valence electrons. The first kappa shape index (κ1) is 15.9. The molecular formula is C17H18ClF2N. The van der Waals surface area contributed by atoms with Crippen LogP contribution in [0.3, 0.4) is 0 Å². The molecule has 0 aromatic heterocycles. The second-order valence-corrected chi connectivity index (χ2v) is 5.49. The maximum absolute atomic E-state index is 13.8. The van der Waals surface area contributed by atoms with Crippen LogP contribution in [0.2, 0.25) is 5.02 Å². The topological polar surface area (TPSA) is 12.0 Å². The molecule has 0 spiro atoms. The van der Waals surface area contributed by atoms with Gasteiger partial charge in [0.1, 0.15) is 11.6 Å². The van der Waals surface area contributed by atoms with Crippen LogP contribution in [0.15, 0.2) is 36.4 Å². The Hall–Kier alpha value is -1.45. The van der Waals surface area contributed by atoms with Gasteiger partial charge in [-0.1, -0.05) is 30.7 Å². The first-order valence-corrected chi connectivity index (χ1v) is 7.32. The summed E-state index contributed by atoms with van der Waals surface area (Å²) in [6, 6.07) is 9.35. The summed E-state index contributed by atoms with van der Waals surface area (Å²) in [6.45, 7) is 4.74. The third-order valence-corrected chi connectivity index (χ3v) is 3.73. The van der Waals surface area contributed by atoms with E-state index in [2.05, 4.69) is 5.32 Å². The fraction of sp³-hybridized carbons (Fsp3) is 0.294. The molecule has 0 fully saturated rings. The predicted octanol–water partition coefficient (Wildman–Crippen LogP) is 4.82. The van der Waals surface area contributed by atoms with Crippen LogP contribution in [0.25, 0.3) is 0 Å². The molecule has 21 heavy (non-hydrogen) atoms. The van der Waals surface area contributed by atoms with E-state index in [1.807, 2.05) is 32.0 Å². The Morgan fingerprint density at radius 2 is 1.90 bits per heavy atom. The van der Waals surface area contributed by atoms with Gasteiger partial charge in [-0.3, -0.25) is 0 Å². The summed E-state index contributed by atoms with van der Waals surface area (Å²) in [5, 5.41) is 4.03. The molecule has 1 atom stereocenters. The van der Waals surface area contributed by atoms with Crippen molar-refractivity contribution in [1.29, 1.82) is 0 Å². The molecule has 2 aromatic carbocycles. The summed E-state index contributed by atoms with van der Waals surface area (Å²) >= 11 is 5.98. The van der Waals surface area contributed by atoms with E-state index in [4.69, 9.17) is 11.6 Å². The van der Waals surface area contributed by atoms with Crippen molar-refractivity contribution in [3.63, 3.8) is 0 Å². The summed E-state index contributed by atoms with van der Waals surface area (Å²) in [5.74, 6) is -1.07. The van der Waals surface area contributed by atoms with Gasteiger partial charge in [0.05, 0.1) is 0 Å². The summed E-state index contributed by atoms with van der Waals surface area (Å²) in [7, 11) is 0. The van der Waals surface area contributed by atoms with Crippen LogP contribution in [0.4, 0.5) is 8.78 Å². The van der Waals surface area contributed by atoms with E-state index in [0.29, 0.717) is 17.0 Å². The Morgan fingerprint density at radius 3 is 2.52 bits per heavy atom. The zero-order valence-electron chi connectivity index (χ0n) is 12.1. The summed E-state index contributed by atoms with van der Waals surface area (Å²) in [6.07, 6.45) is 0.461. The SMILES string of the molecule is CCNC(Cc1ccc(F)cc1F)c1ccc(Cl)cc1C. The number of benzene rings is 2. The zero-order valence-corrected chi connectivity index (χ0v) is 12.8. The zero-order chi connectivity index (χ0) is 15.4. The van der Waals surface area contributed by atoms with Crippen LogP contribution in [0, 0.1) is 18.6 Å². The van der Waals surface area contributed by atoms with E-state index in [9.17, 15) is 8.78 Å². The minimum absolute atomic E-state index is 0.0350. The lowest BCUT2D eigenvalue weighted by Crippen LogP contribution is -2.24. The Morgan fingerprint density at radius 1 is 1.14 bits per heavy atom. The van der Waals surface area contributed by atoms with Gasteiger partial charge in [-0.2, -0.15) is 0 Å². The largest absolute Gasteiger partial charge is 0.310 e. The van der Waals surface area contributed by atoms with Crippen molar-refractivity contribution in [3.05, 3.63) is 69.7 Å². The number of halogens is 3. The molecule has 0 aliphatic heterocycles. The third-order valence-electron chi connectivity index (χ3n) is 3.50. The average molecular weight is 310 g/mol. The van der Waals surface area contributed by atoms with E-state index in [1.165, 1.54) is 12.1 Å². The highest BCUT2D eigenvalue weighted by molar-refractivity contribution is 6.30. The molecule has 0 amide bonds.